The van der Waals surface area contributed by atoms with Gasteiger partial charge in [0.15, 0.2) is 0 Å². The second kappa shape index (κ2) is 6.04. The Morgan fingerprint density at radius 1 is 1.37 bits per heavy atom. The van der Waals surface area contributed by atoms with Gasteiger partial charge in [-0.2, -0.15) is 0 Å². The zero-order valence-corrected chi connectivity index (χ0v) is 11.4. The molecule has 0 radical (unpaired) electrons. The molecule has 1 aliphatic rings. The number of rotatable bonds is 5. The molecule has 5 nitrogen and oxygen atoms in total. The lowest BCUT2D eigenvalue weighted by molar-refractivity contribution is -0.115. The van der Waals surface area contributed by atoms with Crippen LogP contribution in [0.3, 0.4) is 0 Å². The highest BCUT2D eigenvalue weighted by atomic mass is 35.5. The van der Waals surface area contributed by atoms with Crippen molar-refractivity contribution in [3.8, 4) is 0 Å². The van der Waals surface area contributed by atoms with Crippen molar-refractivity contribution in [3.05, 3.63) is 28.8 Å². The molecule has 0 aliphatic heterocycles. The minimum Gasteiger partial charge on any atom is -0.355 e. The van der Waals surface area contributed by atoms with Crippen molar-refractivity contribution in [3.63, 3.8) is 0 Å². The zero-order valence-electron chi connectivity index (χ0n) is 10.6. The van der Waals surface area contributed by atoms with Gasteiger partial charge in [0.25, 0.3) is 5.91 Å². The SMILES string of the molecule is CNC(=O)c1cc(NC(=O)CNC2CC2)ccc1Cl. The number of hydrogen-bond acceptors (Lipinski definition) is 3. The van der Waals surface area contributed by atoms with Crippen molar-refractivity contribution in [2.75, 3.05) is 18.9 Å². The fraction of sp³-hybridized carbons (Fsp3) is 0.385. The number of amides is 2. The van der Waals surface area contributed by atoms with Crippen molar-refractivity contribution < 1.29 is 9.59 Å². The van der Waals surface area contributed by atoms with E-state index in [0.717, 1.165) is 12.8 Å². The maximum atomic E-state index is 11.7. The summed E-state index contributed by atoms with van der Waals surface area (Å²) in [4.78, 5) is 23.2. The highest BCUT2D eigenvalue weighted by Crippen LogP contribution is 2.21. The summed E-state index contributed by atoms with van der Waals surface area (Å²) in [7, 11) is 1.53. The predicted octanol–water partition coefficient (Wildman–Crippen LogP) is 1.39. The third-order valence-corrected chi connectivity index (χ3v) is 3.18. The molecule has 1 saturated carbocycles. The number of anilines is 1. The molecule has 1 aromatic carbocycles. The van der Waals surface area contributed by atoms with Gasteiger partial charge in [-0.3, -0.25) is 9.59 Å². The van der Waals surface area contributed by atoms with Crippen LogP contribution in [0.5, 0.6) is 0 Å². The Bertz CT molecular complexity index is 501. The van der Waals surface area contributed by atoms with E-state index in [1.165, 1.54) is 7.05 Å². The Morgan fingerprint density at radius 2 is 2.11 bits per heavy atom. The Balaban J connectivity index is 1.99. The van der Waals surface area contributed by atoms with Crippen molar-refractivity contribution >= 4 is 29.1 Å². The maximum Gasteiger partial charge on any atom is 0.252 e. The molecule has 0 unspecified atom stereocenters. The fourth-order valence-electron chi connectivity index (χ4n) is 1.64. The molecule has 0 spiro atoms. The van der Waals surface area contributed by atoms with Crippen LogP contribution in [0, 0.1) is 0 Å². The van der Waals surface area contributed by atoms with Crippen LogP contribution in [0.1, 0.15) is 23.2 Å². The zero-order chi connectivity index (χ0) is 13.8. The number of hydrogen-bond donors (Lipinski definition) is 3. The van der Waals surface area contributed by atoms with Crippen LogP contribution in [-0.2, 0) is 4.79 Å². The van der Waals surface area contributed by atoms with Crippen molar-refractivity contribution in [1.82, 2.24) is 10.6 Å². The van der Waals surface area contributed by atoms with Gasteiger partial charge in [0.1, 0.15) is 0 Å². The smallest absolute Gasteiger partial charge is 0.252 e. The summed E-state index contributed by atoms with van der Waals surface area (Å²) < 4.78 is 0. The van der Waals surface area contributed by atoms with E-state index in [9.17, 15) is 9.59 Å². The number of halogens is 1. The first-order chi connectivity index (χ1) is 9.10. The van der Waals surface area contributed by atoms with Gasteiger partial charge in [-0.25, -0.2) is 0 Å². The summed E-state index contributed by atoms with van der Waals surface area (Å²) in [5, 5.41) is 8.71. The van der Waals surface area contributed by atoms with E-state index in [1.807, 2.05) is 0 Å². The molecule has 2 amide bonds. The summed E-state index contributed by atoms with van der Waals surface area (Å²) >= 11 is 5.93. The third-order valence-electron chi connectivity index (χ3n) is 2.85. The van der Waals surface area contributed by atoms with E-state index in [4.69, 9.17) is 11.6 Å². The normalized spacial score (nSPS) is 14.0. The van der Waals surface area contributed by atoms with E-state index >= 15 is 0 Å². The molecule has 0 saturated heterocycles. The topological polar surface area (TPSA) is 70.2 Å². The third kappa shape index (κ3) is 3.94. The number of carbonyl (C=O) groups is 2. The van der Waals surface area contributed by atoms with Crippen LogP contribution in [-0.4, -0.2) is 31.4 Å². The summed E-state index contributed by atoms with van der Waals surface area (Å²) in [6, 6.07) is 5.31. The van der Waals surface area contributed by atoms with Crippen LogP contribution in [0.2, 0.25) is 5.02 Å². The van der Waals surface area contributed by atoms with Crippen molar-refractivity contribution in [2.45, 2.75) is 18.9 Å². The van der Waals surface area contributed by atoms with Crippen molar-refractivity contribution in [1.29, 1.82) is 0 Å². The molecule has 2 rings (SSSR count). The molecular formula is C13H16ClN3O2. The molecule has 3 N–H and O–H groups in total. The molecule has 0 heterocycles. The molecule has 102 valence electrons. The van der Waals surface area contributed by atoms with Gasteiger partial charge >= 0.3 is 0 Å². The molecule has 1 fully saturated rings. The van der Waals surface area contributed by atoms with Crippen molar-refractivity contribution in [2.24, 2.45) is 0 Å². The van der Waals surface area contributed by atoms with Gasteiger partial charge in [-0.05, 0) is 31.0 Å². The van der Waals surface area contributed by atoms with Crippen LogP contribution in [0.4, 0.5) is 5.69 Å². The first-order valence-corrected chi connectivity index (χ1v) is 6.53. The molecule has 0 bridgehead atoms. The van der Waals surface area contributed by atoms with E-state index in [0.29, 0.717) is 22.3 Å². The lowest BCUT2D eigenvalue weighted by Gasteiger charge is -2.09. The van der Waals surface area contributed by atoms with E-state index < -0.39 is 0 Å². The van der Waals surface area contributed by atoms with Gasteiger partial charge in [-0.15, -0.1) is 0 Å². The Hall–Kier alpha value is -1.59. The first-order valence-electron chi connectivity index (χ1n) is 6.15. The summed E-state index contributed by atoms with van der Waals surface area (Å²) in [5.41, 5.74) is 0.905. The number of nitrogens with one attached hydrogen (secondary N) is 3. The monoisotopic (exact) mass is 281 g/mol. The molecule has 6 heteroatoms. The quantitative estimate of drug-likeness (QED) is 0.764. The molecule has 0 aromatic heterocycles. The van der Waals surface area contributed by atoms with Gasteiger partial charge in [0, 0.05) is 18.8 Å². The molecule has 19 heavy (non-hydrogen) atoms. The van der Waals surface area contributed by atoms with Crippen LogP contribution < -0.4 is 16.0 Å². The minimum atomic E-state index is -0.280. The second-order valence-corrected chi connectivity index (χ2v) is 4.88. The molecular weight excluding hydrogens is 266 g/mol. The highest BCUT2D eigenvalue weighted by molar-refractivity contribution is 6.34. The Labute approximate surface area is 116 Å². The highest BCUT2D eigenvalue weighted by Gasteiger charge is 2.21. The maximum absolute atomic E-state index is 11.7. The van der Waals surface area contributed by atoms with Crippen LogP contribution >= 0.6 is 11.6 Å². The first kappa shape index (κ1) is 13.8. The standard InChI is InChI=1S/C13H16ClN3O2/c1-15-13(19)10-6-9(4-5-11(10)14)17-12(18)7-16-8-2-3-8/h4-6,8,16H,2-3,7H2,1H3,(H,15,19)(H,17,18). The van der Waals surface area contributed by atoms with Gasteiger partial charge in [-0.1, -0.05) is 11.6 Å². The molecule has 0 atom stereocenters. The summed E-state index contributed by atoms with van der Waals surface area (Å²) in [6.45, 7) is 0.280. The predicted molar refractivity (Wildman–Crippen MR) is 74.5 cm³/mol. The lowest BCUT2D eigenvalue weighted by atomic mass is 10.2. The lowest BCUT2D eigenvalue weighted by Crippen LogP contribution is -2.29. The Morgan fingerprint density at radius 3 is 2.74 bits per heavy atom. The van der Waals surface area contributed by atoms with Gasteiger partial charge in [0.05, 0.1) is 17.1 Å². The number of carbonyl (C=O) groups excluding carboxylic acids is 2. The summed E-state index contributed by atoms with van der Waals surface area (Å²) in [6.07, 6.45) is 2.27. The fourth-order valence-corrected chi connectivity index (χ4v) is 1.84. The molecule has 1 aliphatic carbocycles. The minimum absolute atomic E-state index is 0.128. The van der Waals surface area contributed by atoms with Crippen LogP contribution in [0.25, 0.3) is 0 Å². The van der Waals surface area contributed by atoms with Gasteiger partial charge in [0.2, 0.25) is 5.91 Å². The number of benzene rings is 1. The van der Waals surface area contributed by atoms with E-state index in [2.05, 4.69) is 16.0 Å². The Kier molecular flexibility index (Phi) is 4.39. The average molecular weight is 282 g/mol. The molecule has 1 aromatic rings. The van der Waals surface area contributed by atoms with Crippen LogP contribution in [0.15, 0.2) is 18.2 Å². The average Bonchev–Trinajstić information content (AvgIpc) is 3.22. The largest absolute Gasteiger partial charge is 0.355 e. The summed E-state index contributed by atoms with van der Waals surface area (Å²) in [5.74, 6) is -0.408. The van der Waals surface area contributed by atoms with E-state index in [1.54, 1.807) is 18.2 Å². The van der Waals surface area contributed by atoms with Gasteiger partial charge < -0.3 is 16.0 Å². The van der Waals surface area contributed by atoms with E-state index in [-0.39, 0.29) is 18.4 Å². The second-order valence-electron chi connectivity index (χ2n) is 4.48.